The lowest BCUT2D eigenvalue weighted by Gasteiger charge is -2.35. The van der Waals surface area contributed by atoms with E-state index >= 15 is 0 Å². The van der Waals surface area contributed by atoms with Crippen molar-refractivity contribution in [3.8, 4) is 0 Å². The van der Waals surface area contributed by atoms with Gasteiger partial charge in [0.2, 0.25) is 0 Å². The van der Waals surface area contributed by atoms with Gasteiger partial charge in [0.25, 0.3) is 0 Å². The minimum atomic E-state index is -0.764. The van der Waals surface area contributed by atoms with Crippen LogP contribution in [-0.2, 0) is 4.74 Å². The molecule has 2 unspecified atom stereocenters. The van der Waals surface area contributed by atoms with Crippen LogP contribution in [0.25, 0.3) is 0 Å². The van der Waals surface area contributed by atoms with E-state index in [1.54, 1.807) is 12.1 Å². The summed E-state index contributed by atoms with van der Waals surface area (Å²) >= 11 is 0. The van der Waals surface area contributed by atoms with E-state index in [1.807, 2.05) is 0 Å². The fourth-order valence-corrected chi connectivity index (χ4v) is 2.35. The van der Waals surface area contributed by atoms with Crippen LogP contribution in [0.2, 0.25) is 0 Å². The molecule has 3 nitrogen and oxygen atoms in total. The summed E-state index contributed by atoms with van der Waals surface area (Å²) < 4.78 is 18.7. The molecule has 18 heavy (non-hydrogen) atoms. The van der Waals surface area contributed by atoms with Crippen LogP contribution in [0.5, 0.6) is 0 Å². The lowest BCUT2D eigenvalue weighted by molar-refractivity contribution is -0.0899. The average molecular weight is 253 g/mol. The van der Waals surface area contributed by atoms with Crippen LogP contribution in [0.3, 0.4) is 0 Å². The maximum atomic E-state index is 13.1. The zero-order valence-corrected chi connectivity index (χ0v) is 10.7. The Bertz CT molecular complexity index is 384. The van der Waals surface area contributed by atoms with Crippen molar-refractivity contribution in [2.24, 2.45) is 0 Å². The second kappa shape index (κ2) is 6.27. The highest BCUT2D eigenvalue weighted by Gasteiger charge is 2.27. The van der Waals surface area contributed by atoms with Crippen molar-refractivity contribution in [2.75, 3.05) is 26.2 Å². The number of benzene rings is 1. The molecule has 2 atom stereocenters. The third kappa shape index (κ3) is 3.28. The van der Waals surface area contributed by atoms with Gasteiger partial charge in [-0.25, -0.2) is 4.39 Å². The van der Waals surface area contributed by atoms with Gasteiger partial charge in [-0.1, -0.05) is 19.1 Å². The molecule has 1 aliphatic heterocycles. The van der Waals surface area contributed by atoms with E-state index in [0.717, 1.165) is 19.5 Å². The van der Waals surface area contributed by atoms with Gasteiger partial charge in [0.15, 0.2) is 0 Å². The van der Waals surface area contributed by atoms with Gasteiger partial charge in [0.1, 0.15) is 18.0 Å². The molecule has 1 heterocycles. The minimum absolute atomic E-state index is 0.271. The van der Waals surface area contributed by atoms with Crippen molar-refractivity contribution in [3.05, 3.63) is 35.6 Å². The van der Waals surface area contributed by atoms with Gasteiger partial charge < -0.3 is 9.84 Å². The zero-order chi connectivity index (χ0) is 13.0. The first-order chi connectivity index (χ1) is 8.70. The van der Waals surface area contributed by atoms with E-state index < -0.39 is 6.10 Å². The van der Waals surface area contributed by atoms with Crippen molar-refractivity contribution in [1.82, 2.24) is 4.90 Å². The quantitative estimate of drug-likeness (QED) is 0.890. The van der Waals surface area contributed by atoms with Crippen molar-refractivity contribution in [2.45, 2.75) is 25.6 Å². The smallest absolute Gasteiger partial charge is 0.123 e. The Hall–Kier alpha value is -0.970. The van der Waals surface area contributed by atoms with Crippen molar-refractivity contribution < 1.29 is 14.2 Å². The Labute approximate surface area is 107 Å². The van der Waals surface area contributed by atoms with Gasteiger partial charge in [-0.05, 0) is 30.7 Å². The monoisotopic (exact) mass is 253 g/mol. The van der Waals surface area contributed by atoms with Crippen LogP contribution in [0.1, 0.15) is 25.0 Å². The van der Waals surface area contributed by atoms with Crippen molar-refractivity contribution in [1.29, 1.82) is 0 Å². The highest BCUT2D eigenvalue weighted by molar-refractivity contribution is 5.20. The van der Waals surface area contributed by atoms with Crippen LogP contribution in [-0.4, -0.2) is 42.4 Å². The largest absolute Gasteiger partial charge is 0.386 e. The number of hydrogen-bond acceptors (Lipinski definition) is 3. The number of aliphatic hydroxyl groups excluding tert-OH is 1. The molecule has 0 spiro atoms. The lowest BCUT2D eigenvalue weighted by Crippen LogP contribution is -2.45. The summed E-state index contributed by atoms with van der Waals surface area (Å²) in [7, 11) is 0. The molecule has 1 N–H and O–H groups in total. The molecule has 0 bridgehead atoms. The summed E-state index contributed by atoms with van der Waals surface area (Å²) in [5.41, 5.74) is 0.582. The molecular weight excluding hydrogens is 233 g/mol. The van der Waals surface area contributed by atoms with Gasteiger partial charge in [-0.15, -0.1) is 0 Å². The molecule has 1 aromatic rings. The molecule has 2 rings (SSSR count). The molecule has 0 amide bonds. The Balaban J connectivity index is 2.02. The summed E-state index contributed by atoms with van der Waals surface area (Å²) in [6, 6.07) is 6.09. The van der Waals surface area contributed by atoms with Crippen LogP contribution >= 0.6 is 0 Å². The first-order valence-electron chi connectivity index (χ1n) is 6.48. The number of hydrogen-bond donors (Lipinski definition) is 1. The van der Waals surface area contributed by atoms with E-state index in [9.17, 15) is 9.50 Å². The van der Waals surface area contributed by atoms with Crippen LogP contribution in [0, 0.1) is 5.82 Å². The Morgan fingerprint density at radius 3 is 3.11 bits per heavy atom. The van der Waals surface area contributed by atoms with Gasteiger partial charge in [-0.2, -0.15) is 0 Å². The molecular formula is C14H20FNO2. The van der Waals surface area contributed by atoms with E-state index in [2.05, 4.69) is 11.8 Å². The average Bonchev–Trinajstić information content (AvgIpc) is 2.39. The third-order valence-corrected chi connectivity index (χ3v) is 3.26. The Morgan fingerprint density at radius 1 is 1.56 bits per heavy atom. The van der Waals surface area contributed by atoms with E-state index in [1.165, 1.54) is 12.1 Å². The summed E-state index contributed by atoms with van der Waals surface area (Å²) in [5, 5.41) is 10.2. The summed E-state index contributed by atoms with van der Waals surface area (Å²) in [4.78, 5) is 2.27. The number of aliphatic hydroxyl groups is 1. The van der Waals surface area contributed by atoms with Crippen LogP contribution < -0.4 is 0 Å². The Morgan fingerprint density at radius 2 is 2.39 bits per heavy atom. The third-order valence-electron chi connectivity index (χ3n) is 3.26. The number of ether oxygens (including phenoxy) is 1. The molecule has 0 aliphatic carbocycles. The van der Waals surface area contributed by atoms with Crippen molar-refractivity contribution in [3.63, 3.8) is 0 Å². The highest BCUT2D eigenvalue weighted by Crippen LogP contribution is 2.22. The van der Waals surface area contributed by atoms with E-state index in [4.69, 9.17) is 4.74 Å². The lowest BCUT2D eigenvalue weighted by atomic mass is 10.0. The predicted octanol–water partition coefficient (Wildman–Crippen LogP) is 1.97. The normalized spacial score (nSPS) is 22.9. The number of halogens is 1. The summed E-state index contributed by atoms with van der Waals surface area (Å²) in [6.45, 7) is 5.37. The van der Waals surface area contributed by atoms with Gasteiger partial charge in [0.05, 0.1) is 6.61 Å². The van der Waals surface area contributed by atoms with Gasteiger partial charge in [0, 0.05) is 13.1 Å². The van der Waals surface area contributed by atoms with E-state index in [-0.39, 0.29) is 11.9 Å². The molecule has 100 valence electrons. The minimum Gasteiger partial charge on any atom is -0.386 e. The number of nitrogens with zero attached hydrogens (tertiary/aromatic N) is 1. The molecule has 1 fully saturated rings. The topological polar surface area (TPSA) is 32.7 Å². The summed E-state index contributed by atoms with van der Waals surface area (Å²) in [5.74, 6) is -0.326. The molecule has 0 saturated carbocycles. The van der Waals surface area contributed by atoms with Crippen molar-refractivity contribution >= 4 is 0 Å². The zero-order valence-electron chi connectivity index (χ0n) is 10.7. The first kappa shape index (κ1) is 13.5. The molecule has 4 heteroatoms. The Kier molecular flexibility index (Phi) is 4.69. The molecule has 0 aromatic heterocycles. The molecule has 1 saturated heterocycles. The highest BCUT2D eigenvalue weighted by atomic mass is 19.1. The van der Waals surface area contributed by atoms with Crippen LogP contribution in [0.4, 0.5) is 4.39 Å². The SMILES string of the molecule is CCCN1CCOC(C(O)c2cccc(F)c2)C1. The fraction of sp³-hybridized carbons (Fsp3) is 0.571. The second-order valence-electron chi connectivity index (χ2n) is 4.71. The molecule has 1 aromatic carbocycles. The maximum Gasteiger partial charge on any atom is 0.123 e. The summed E-state index contributed by atoms with van der Waals surface area (Å²) in [6.07, 6.45) is 0.0513. The maximum absolute atomic E-state index is 13.1. The van der Waals surface area contributed by atoms with Crippen LogP contribution in [0.15, 0.2) is 24.3 Å². The second-order valence-corrected chi connectivity index (χ2v) is 4.71. The van der Waals surface area contributed by atoms with E-state index in [0.29, 0.717) is 18.7 Å². The fourth-order valence-electron chi connectivity index (χ4n) is 2.35. The standard InChI is InChI=1S/C14H20FNO2/c1-2-6-16-7-8-18-13(10-16)14(17)11-4-3-5-12(15)9-11/h3-5,9,13-14,17H,2,6-8,10H2,1H3. The number of rotatable bonds is 4. The number of morpholine rings is 1. The van der Waals surface area contributed by atoms with Gasteiger partial charge >= 0.3 is 0 Å². The molecule has 0 radical (unpaired) electrons. The first-order valence-corrected chi connectivity index (χ1v) is 6.48. The van der Waals surface area contributed by atoms with Gasteiger partial charge in [-0.3, -0.25) is 4.90 Å². The molecule has 1 aliphatic rings. The predicted molar refractivity (Wildman–Crippen MR) is 67.8 cm³/mol.